The second-order valence-corrected chi connectivity index (χ2v) is 5.57. The van der Waals surface area contributed by atoms with Crippen LogP contribution in [0.5, 0.6) is 0 Å². The molecule has 18 heavy (non-hydrogen) atoms. The lowest BCUT2D eigenvalue weighted by Crippen LogP contribution is -2.05. The largest absolute Gasteiger partial charge is 0.452 e. The molecule has 3 heteroatoms. The summed E-state index contributed by atoms with van der Waals surface area (Å²) in [6, 6.07) is 12.6. The average Bonchev–Trinajstić information content (AvgIpc) is 2.76. The van der Waals surface area contributed by atoms with Gasteiger partial charge in [0.1, 0.15) is 5.76 Å². The van der Waals surface area contributed by atoms with Crippen molar-refractivity contribution >= 4 is 21.6 Å². The molecular formula is C15H18BrNO. The molecule has 2 aromatic rings. The standard InChI is InChI=1S/C15H18BrNO/c1-10(2)12-5-4-6-13(9-12)17-11(3)14-7-8-15(16)18-14/h4-11,17H,1-3H3. The molecule has 0 bridgehead atoms. The van der Waals surface area contributed by atoms with Gasteiger partial charge in [0.05, 0.1) is 6.04 Å². The minimum Gasteiger partial charge on any atom is -0.452 e. The molecule has 1 aromatic carbocycles. The highest BCUT2D eigenvalue weighted by atomic mass is 79.9. The van der Waals surface area contributed by atoms with Gasteiger partial charge in [0.25, 0.3) is 0 Å². The van der Waals surface area contributed by atoms with Crippen LogP contribution < -0.4 is 5.32 Å². The summed E-state index contributed by atoms with van der Waals surface area (Å²) in [6.45, 7) is 6.49. The molecule has 1 aromatic heterocycles. The third-order valence-corrected chi connectivity index (χ3v) is 3.38. The monoisotopic (exact) mass is 307 g/mol. The fourth-order valence-electron chi connectivity index (χ4n) is 1.87. The third-order valence-electron chi connectivity index (χ3n) is 2.96. The Morgan fingerprint density at radius 1 is 1.11 bits per heavy atom. The summed E-state index contributed by atoms with van der Waals surface area (Å²) in [5, 5.41) is 3.45. The quantitative estimate of drug-likeness (QED) is 0.825. The Balaban J connectivity index is 2.11. The first-order valence-electron chi connectivity index (χ1n) is 6.18. The zero-order valence-electron chi connectivity index (χ0n) is 10.9. The molecule has 0 aliphatic carbocycles. The smallest absolute Gasteiger partial charge is 0.169 e. The predicted molar refractivity (Wildman–Crippen MR) is 79.0 cm³/mol. The van der Waals surface area contributed by atoms with Crippen molar-refractivity contribution in [3.05, 3.63) is 52.4 Å². The molecule has 0 fully saturated rings. The van der Waals surface area contributed by atoms with Crippen LogP contribution in [-0.4, -0.2) is 0 Å². The second-order valence-electron chi connectivity index (χ2n) is 4.79. The number of benzene rings is 1. The molecule has 2 rings (SSSR count). The summed E-state index contributed by atoms with van der Waals surface area (Å²) in [4.78, 5) is 0. The topological polar surface area (TPSA) is 25.2 Å². The van der Waals surface area contributed by atoms with E-state index in [1.807, 2.05) is 12.1 Å². The number of nitrogens with one attached hydrogen (secondary N) is 1. The molecule has 2 nitrogen and oxygen atoms in total. The van der Waals surface area contributed by atoms with Crippen molar-refractivity contribution in [3.8, 4) is 0 Å². The molecule has 1 atom stereocenters. The molecule has 0 saturated carbocycles. The average molecular weight is 308 g/mol. The number of hydrogen-bond acceptors (Lipinski definition) is 2. The fraction of sp³-hybridized carbons (Fsp3) is 0.333. The first-order chi connectivity index (χ1) is 8.56. The van der Waals surface area contributed by atoms with Crippen LogP contribution in [0.15, 0.2) is 45.5 Å². The van der Waals surface area contributed by atoms with Gasteiger partial charge in [0.15, 0.2) is 4.67 Å². The number of anilines is 1. The van der Waals surface area contributed by atoms with E-state index in [4.69, 9.17) is 4.42 Å². The number of rotatable bonds is 4. The molecule has 0 spiro atoms. The van der Waals surface area contributed by atoms with Gasteiger partial charge in [-0.1, -0.05) is 26.0 Å². The maximum absolute atomic E-state index is 5.55. The lowest BCUT2D eigenvalue weighted by atomic mass is 10.0. The lowest BCUT2D eigenvalue weighted by molar-refractivity contribution is 0.471. The van der Waals surface area contributed by atoms with Gasteiger partial charge in [-0.05, 0) is 58.6 Å². The molecule has 0 amide bonds. The first kappa shape index (κ1) is 13.2. The van der Waals surface area contributed by atoms with Crippen LogP contribution in [0.25, 0.3) is 0 Å². The van der Waals surface area contributed by atoms with E-state index in [2.05, 4.69) is 66.3 Å². The van der Waals surface area contributed by atoms with Crippen LogP contribution in [0.1, 0.15) is 44.1 Å². The Morgan fingerprint density at radius 3 is 2.50 bits per heavy atom. The highest BCUT2D eigenvalue weighted by Crippen LogP contribution is 2.25. The maximum atomic E-state index is 5.55. The van der Waals surface area contributed by atoms with Crippen LogP contribution in [-0.2, 0) is 0 Å². The Kier molecular flexibility index (Phi) is 4.12. The van der Waals surface area contributed by atoms with E-state index in [-0.39, 0.29) is 6.04 Å². The van der Waals surface area contributed by atoms with Crippen molar-refractivity contribution in [3.63, 3.8) is 0 Å². The first-order valence-corrected chi connectivity index (χ1v) is 6.97. The van der Waals surface area contributed by atoms with E-state index in [0.29, 0.717) is 5.92 Å². The van der Waals surface area contributed by atoms with E-state index in [1.54, 1.807) is 0 Å². The molecule has 0 aliphatic rings. The SMILES string of the molecule is CC(C)c1cccc(NC(C)c2ccc(Br)o2)c1. The molecule has 1 N–H and O–H groups in total. The summed E-state index contributed by atoms with van der Waals surface area (Å²) >= 11 is 3.32. The van der Waals surface area contributed by atoms with Gasteiger partial charge in [-0.15, -0.1) is 0 Å². The van der Waals surface area contributed by atoms with Crippen LogP contribution in [0.4, 0.5) is 5.69 Å². The van der Waals surface area contributed by atoms with Crippen molar-refractivity contribution in [2.24, 2.45) is 0 Å². The maximum Gasteiger partial charge on any atom is 0.169 e. The van der Waals surface area contributed by atoms with Crippen molar-refractivity contribution in [1.82, 2.24) is 0 Å². The van der Waals surface area contributed by atoms with Crippen molar-refractivity contribution in [2.45, 2.75) is 32.7 Å². The summed E-state index contributed by atoms with van der Waals surface area (Å²) < 4.78 is 6.32. The van der Waals surface area contributed by atoms with E-state index >= 15 is 0 Å². The van der Waals surface area contributed by atoms with Gasteiger partial charge in [-0.2, -0.15) is 0 Å². The van der Waals surface area contributed by atoms with Crippen LogP contribution in [0, 0.1) is 0 Å². The van der Waals surface area contributed by atoms with Gasteiger partial charge in [-0.3, -0.25) is 0 Å². The van der Waals surface area contributed by atoms with Gasteiger partial charge >= 0.3 is 0 Å². The van der Waals surface area contributed by atoms with Crippen molar-refractivity contribution in [2.75, 3.05) is 5.32 Å². The molecule has 1 heterocycles. The highest BCUT2D eigenvalue weighted by Gasteiger charge is 2.10. The summed E-state index contributed by atoms with van der Waals surface area (Å²) in [7, 11) is 0. The van der Waals surface area contributed by atoms with Crippen molar-refractivity contribution < 1.29 is 4.42 Å². The Hall–Kier alpha value is -1.22. The Bertz CT molecular complexity index is 519. The van der Waals surface area contributed by atoms with Gasteiger partial charge in [0, 0.05) is 5.69 Å². The molecule has 0 radical (unpaired) electrons. The zero-order valence-corrected chi connectivity index (χ0v) is 12.5. The minimum absolute atomic E-state index is 0.152. The molecule has 0 saturated heterocycles. The minimum atomic E-state index is 0.152. The van der Waals surface area contributed by atoms with Crippen LogP contribution >= 0.6 is 15.9 Å². The Morgan fingerprint density at radius 2 is 1.89 bits per heavy atom. The Labute approximate surface area is 117 Å². The van der Waals surface area contributed by atoms with Crippen LogP contribution in [0.3, 0.4) is 0 Å². The fourth-order valence-corrected chi connectivity index (χ4v) is 2.19. The zero-order chi connectivity index (χ0) is 13.1. The summed E-state index contributed by atoms with van der Waals surface area (Å²) in [5.41, 5.74) is 2.47. The van der Waals surface area contributed by atoms with Gasteiger partial charge < -0.3 is 9.73 Å². The molecule has 96 valence electrons. The van der Waals surface area contributed by atoms with Gasteiger partial charge in [0.2, 0.25) is 0 Å². The lowest BCUT2D eigenvalue weighted by Gasteiger charge is -2.14. The molecule has 0 aliphatic heterocycles. The summed E-state index contributed by atoms with van der Waals surface area (Å²) in [5.74, 6) is 1.47. The van der Waals surface area contributed by atoms with E-state index in [9.17, 15) is 0 Å². The molecule has 1 unspecified atom stereocenters. The number of halogens is 1. The second kappa shape index (κ2) is 5.61. The number of furan rings is 1. The summed E-state index contributed by atoms with van der Waals surface area (Å²) in [6.07, 6.45) is 0. The van der Waals surface area contributed by atoms with Crippen LogP contribution in [0.2, 0.25) is 0 Å². The van der Waals surface area contributed by atoms with E-state index in [1.165, 1.54) is 5.56 Å². The van der Waals surface area contributed by atoms with E-state index in [0.717, 1.165) is 16.1 Å². The normalized spacial score (nSPS) is 12.7. The molecular weight excluding hydrogens is 290 g/mol. The highest BCUT2D eigenvalue weighted by molar-refractivity contribution is 9.10. The number of hydrogen-bond donors (Lipinski definition) is 1. The third kappa shape index (κ3) is 3.16. The van der Waals surface area contributed by atoms with E-state index < -0.39 is 0 Å². The van der Waals surface area contributed by atoms with Gasteiger partial charge in [-0.25, -0.2) is 0 Å². The van der Waals surface area contributed by atoms with Crippen molar-refractivity contribution in [1.29, 1.82) is 0 Å². The predicted octanol–water partition coefficient (Wildman–Crippen LogP) is 5.34.